The molecule has 0 aromatic heterocycles. The molecule has 0 spiro atoms. The van der Waals surface area contributed by atoms with E-state index < -0.39 is 11.9 Å². The van der Waals surface area contributed by atoms with Crippen molar-refractivity contribution < 1.29 is 23.8 Å². The maximum atomic E-state index is 13.8. The van der Waals surface area contributed by atoms with Crippen LogP contribution in [0.25, 0.3) is 5.76 Å². The normalized spacial score (nSPS) is 16.5. The number of nitrogens with zero attached hydrogens (tertiary/aromatic N) is 3. The van der Waals surface area contributed by atoms with Crippen LogP contribution in [0.3, 0.4) is 0 Å². The summed E-state index contributed by atoms with van der Waals surface area (Å²) in [5.74, 6) is 0.226. The van der Waals surface area contributed by atoms with Crippen LogP contribution in [0.2, 0.25) is 0 Å². The molecule has 6 rings (SSSR count). The number of hydrazone groups is 1. The van der Waals surface area contributed by atoms with Gasteiger partial charge < -0.3 is 14.2 Å². The number of anilines is 2. The van der Waals surface area contributed by atoms with E-state index in [4.69, 9.17) is 19.3 Å². The second-order valence-corrected chi connectivity index (χ2v) is 9.12. The molecule has 2 aliphatic rings. The third-order valence-corrected chi connectivity index (χ3v) is 6.71. The number of benzene rings is 4. The highest BCUT2D eigenvalue weighted by Gasteiger charge is 2.45. The molecule has 202 valence electrons. The number of carbonyl (C=O) groups is 2. The van der Waals surface area contributed by atoms with Crippen LogP contribution in [0, 0.1) is 0 Å². The fourth-order valence-electron chi connectivity index (χ4n) is 4.80. The standard InChI is InChI=1S/C33H25N3O5/c1-39-26-20-18-22(19-21-26)29-27(32(37)40-2)28(33(38)41-29)31-35(24-14-8-4-9-15-24)30(23-12-6-3-7-13-23)34-36(31)25-16-10-5-11-17-25/h3-21H,1-2H3/b31-28+. The number of hydrogen-bond acceptors (Lipinski definition) is 8. The summed E-state index contributed by atoms with van der Waals surface area (Å²) in [5.41, 5.74) is 2.81. The van der Waals surface area contributed by atoms with Gasteiger partial charge in [-0.05, 0) is 48.5 Å². The zero-order valence-corrected chi connectivity index (χ0v) is 22.4. The number of ether oxygens (including phenoxy) is 3. The predicted molar refractivity (Wildman–Crippen MR) is 156 cm³/mol. The lowest BCUT2D eigenvalue weighted by molar-refractivity contribution is -0.136. The van der Waals surface area contributed by atoms with E-state index in [1.165, 1.54) is 7.11 Å². The van der Waals surface area contributed by atoms with E-state index in [1.54, 1.807) is 36.4 Å². The minimum Gasteiger partial charge on any atom is -0.497 e. The Balaban J connectivity index is 1.67. The highest BCUT2D eigenvalue weighted by molar-refractivity contribution is 6.21. The molecule has 2 heterocycles. The Morgan fingerprint density at radius 3 is 1.90 bits per heavy atom. The van der Waals surface area contributed by atoms with E-state index in [0.717, 1.165) is 11.3 Å². The van der Waals surface area contributed by atoms with Gasteiger partial charge >= 0.3 is 11.9 Å². The predicted octanol–water partition coefficient (Wildman–Crippen LogP) is 5.74. The molecular weight excluding hydrogens is 518 g/mol. The van der Waals surface area contributed by atoms with Crippen LogP contribution < -0.4 is 14.6 Å². The van der Waals surface area contributed by atoms with Crippen molar-refractivity contribution in [3.05, 3.63) is 143 Å². The van der Waals surface area contributed by atoms with Gasteiger partial charge in [0.15, 0.2) is 17.4 Å². The number of para-hydroxylation sites is 2. The molecule has 0 amide bonds. The zero-order valence-electron chi connectivity index (χ0n) is 22.4. The Hall–Kier alpha value is -5.63. The van der Waals surface area contributed by atoms with Gasteiger partial charge in [0.1, 0.15) is 16.9 Å². The number of carbonyl (C=O) groups excluding carboxylic acids is 2. The van der Waals surface area contributed by atoms with Gasteiger partial charge in [-0.2, -0.15) is 0 Å². The average Bonchev–Trinajstić information content (AvgIpc) is 3.60. The monoisotopic (exact) mass is 543 g/mol. The van der Waals surface area contributed by atoms with Crippen molar-refractivity contribution in [2.45, 2.75) is 0 Å². The van der Waals surface area contributed by atoms with E-state index in [1.807, 2.05) is 95.9 Å². The topological polar surface area (TPSA) is 80.7 Å². The van der Waals surface area contributed by atoms with E-state index in [-0.39, 0.29) is 16.9 Å². The summed E-state index contributed by atoms with van der Waals surface area (Å²) in [6.45, 7) is 0. The second-order valence-electron chi connectivity index (χ2n) is 9.12. The molecule has 8 nitrogen and oxygen atoms in total. The molecule has 0 aliphatic carbocycles. The first-order valence-electron chi connectivity index (χ1n) is 12.9. The third-order valence-electron chi connectivity index (χ3n) is 6.71. The molecule has 0 unspecified atom stereocenters. The molecule has 41 heavy (non-hydrogen) atoms. The zero-order chi connectivity index (χ0) is 28.3. The van der Waals surface area contributed by atoms with Crippen molar-refractivity contribution in [2.24, 2.45) is 5.10 Å². The van der Waals surface area contributed by atoms with Gasteiger partial charge in [-0.3, -0.25) is 4.90 Å². The molecule has 0 saturated heterocycles. The summed E-state index contributed by atoms with van der Waals surface area (Å²) in [5, 5.41) is 6.66. The summed E-state index contributed by atoms with van der Waals surface area (Å²) in [4.78, 5) is 29.1. The lowest BCUT2D eigenvalue weighted by atomic mass is 10.0. The maximum Gasteiger partial charge on any atom is 0.348 e. The smallest absolute Gasteiger partial charge is 0.348 e. The third kappa shape index (κ3) is 4.61. The Labute approximate surface area is 237 Å². The Morgan fingerprint density at radius 1 is 0.732 bits per heavy atom. The van der Waals surface area contributed by atoms with Crippen LogP contribution in [-0.2, 0) is 19.1 Å². The Morgan fingerprint density at radius 2 is 1.32 bits per heavy atom. The number of rotatable bonds is 6. The quantitative estimate of drug-likeness (QED) is 0.227. The van der Waals surface area contributed by atoms with E-state index in [2.05, 4.69) is 0 Å². The number of amidine groups is 1. The van der Waals surface area contributed by atoms with Crippen LogP contribution in [0.4, 0.5) is 11.4 Å². The number of cyclic esters (lactones) is 1. The molecule has 2 aliphatic heterocycles. The largest absolute Gasteiger partial charge is 0.497 e. The van der Waals surface area contributed by atoms with Crippen molar-refractivity contribution in [2.75, 3.05) is 24.1 Å². The number of methoxy groups -OCH3 is 2. The minimum atomic E-state index is -0.710. The SMILES string of the molecule is COC(=O)C1=C(c2ccc(OC)cc2)OC(=O)/C1=C1/N(c2ccccc2)N=C(c2ccccc2)N1c1ccccc1. The van der Waals surface area contributed by atoms with Gasteiger partial charge in [0.05, 0.1) is 19.9 Å². The number of esters is 2. The highest BCUT2D eigenvalue weighted by Crippen LogP contribution is 2.42. The van der Waals surface area contributed by atoms with Crippen LogP contribution in [0.1, 0.15) is 11.1 Å². The first-order valence-corrected chi connectivity index (χ1v) is 12.9. The molecule has 0 bridgehead atoms. The van der Waals surface area contributed by atoms with E-state index in [0.29, 0.717) is 28.7 Å². The fraction of sp³-hybridized carbons (Fsp3) is 0.0606. The van der Waals surface area contributed by atoms with Gasteiger partial charge in [-0.1, -0.05) is 66.7 Å². The Kier molecular flexibility index (Phi) is 6.79. The fourth-order valence-corrected chi connectivity index (χ4v) is 4.80. The molecule has 4 aromatic rings. The summed E-state index contributed by atoms with van der Waals surface area (Å²) >= 11 is 0. The second kappa shape index (κ2) is 10.9. The van der Waals surface area contributed by atoms with Gasteiger partial charge in [0.25, 0.3) is 0 Å². The first kappa shape index (κ1) is 25.6. The van der Waals surface area contributed by atoms with Crippen LogP contribution >= 0.6 is 0 Å². The minimum absolute atomic E-state index is 0.00374. The first-order chi connectivity index (χ1) is 20.1. The Bertz CT molecular complexity index is 1700. The van der Waals surface area contributed by atoms with E-state index >= 15 is 0 Å². The van der Waals surface area contributed by atoms with Crippen molar-refractivity contribution in [3.63, 3.8) is 0 Å². The molecule has 4 aromatic carbocycles. The van der Waals surface area contributed by atoms with Gasteiger partial charge in [0, 0.05) is 16.8 Å². The summed E-state index contributed by atoms with van der Waals surface area (Å²) in [7, 11) is 2.84. The van der Waals surface area contributed by atoms with Crippen LogP contribution in [0.15, 0.2) is 137 Å². The lowest BCUT2D eigenvalue weighted by Gasteiger charge is -2.26. The molecule has 0 fully saturated rings. The maximum absolute atomic E-state index is 13.8. The highest BCUT2D eigenvalue weighted by atomic mass is 16.6. The van der Waals surface area contributed by atoms with Gasteiger partial charge in [-0.25, -0.2) is 14.6 Å². The van der Waals surface area contributed by atoms with Crippen molar-refractivity contribution >= 4 is 34.9 Å². The summed E-state index contributed by atoms with van der Waals surface area (Å²) in [6.07, 6.45) is 0. The van der Waals surface area contributed by atoms with Gasteiger partial charge in [0.2, 0.25) is 0 Å². The molecule has 0 atom stereocenters. The number of hydrogen-bond donors (Lipinski definition) is 0. The molecular formula is C33H25N3O5. The summed E-state index contributed by atoms with van der Waals surface area (Å²) in [6, 6.07) is 35.5. The molecule has 0 N–H and O–H groups in total. The van der Waals surface area contributed by atoms with Crippen LogP contribution in [-0.4, -0.2) is 32.0 Å². The van der Waals surface area contributed by atoms with E-state index in [9.17, 15) is 9.59 Å². The van der Waals surface area contributed by atoms with Crippen LogP contribution in [0.5, 0.6) is 5.75 Å². The molecule has 0 radical (unpaired) electrons. The molecule has 0 saturated carbocycles. The van der Waals surface area contributed by atoms with Crippen molar-refractivity contribution in [1.29, 1.82) is 0 Å². The average molecular weight is 544 g/mol. The van der Waals surface area contributed by atoms with Gasteiger partial charge in [-0.15, -0.1) is 5.10 Å². The van der Waals surface area contributed by atoms with Crippen molar-refractivity contribution in [1.82, 2.24) is 0 Å². The van der Waals surface area contributed by atoms with Crippen molar-refractivity contribution in [3.8, 4) is 5.75 Å². The lowest BCUT2D eigenvalue weighted by Crippen LogP contribution is -2.32. The summed E-state index contributed by atoms with van der Waals surface area (Å²) < 4.78 is 16.3. The molecule has 8 heteroatoms.